The average Bonchev–Trinajstić information content (AvgIpc) is 2.81. The summed E-state index contributed by atoms with van der Waals surface area (Å²) < 4.78 is 12.3. The van der Waals surface area contributed by atoms with Crippen molar-refractivity contribution in [2.75, 3.05) is 25.0 Å². The van der Waals surface area contributed by atoms with E-state index < -0.39 is 5.97 Å². The minimum Gasteiger partial charge on any atom is -1.00 e. The first-order valence-corrected chi connectivity index (χ1v) is 10.7. The molecule has 0 unspecified atom stereocenters. The van der Waals surface area contributed by atoms with Crippen molar-refractivity contribution < 1.29 is 31.2 Å². The van der Waals surface area contributed by atoms with Crippen LogP contribution >= 0.6 is 11.6 Å². The smallest absolute Gasteiger partial charge is 0.324 e. The number of benzene rings is 1. The molecule has 0 aliphatic rings. The molecular formula is C22H28Cl2N6O3. The van der Waals surface area contributed by atoms with E-state index in [-0.39, 0.29) is 25.7 Å². The Hall–Kier alpha value is -3.06. The lowest BCUT2D eigenvalue weighted by Crippen LogP contribution is -3.00. The van der Waals surface area contributed by atoms with Crippen LogP contribution in [0, 0.1) is 11.5 Å². The van der Waals surface area contributed by atoms with Crippen molar-refractivity contribution in [3.63, 3.8) is 0 Å². The third kappa shape index (κ3) is 11.9. The molecule has 4 N–H and O–H groups in total. The lowest BCUT2D eigenvalue weighted by Gasteiger charge is -2.11. The zero-order chi connectivity index (χ0) is 23.0. The van der Waals surface area contributed by atoms with Gasteiger partial charge in [-0.05, 0) is 37.1 Å². The van der Waals surface area contributed by atoms with E-state index in [0.717, 1.165) is 37.1 Å². The maximum absolute atomic E-state index is 11.1. The number of esters is 1. The molecule has 0 amide bonds. The fourth-order valence-electron chi connectivity index (χ4n) is 2.64. The number of nitrogens with one attached hydrogen (secondary N) is 2. The van der Waals surface area contributed by atoms with Gasteiger partial charge in [0.05, 0.1) is 18.8 Å². The number of carbonyl (C=O) groups is 1. The molecule has 0 fully saturated rings. The molecule has 9 nitrogen and oxygen atoms in total. The van der Waals surface area contributed by atoms with Gasteiger partial charge in [-0.1, -0.05) is 24.4 Å². The SMILES string of the molecule is N#CN=C(NCCCCCCOc1ccc(Cl)cc1)Nc1cc[n+](COC(=O)CN)cc1.[Cl-]. The molecule has 0 bridgehead atoms. The average molecular weight is 495 g/mol. The number of nitrogens with zero attached hydrogens (tertiary/aromatic N) is 3. The number of halogens is 2. The molecule has 2 rings (SSSR count). The van der Waals surface area contributed by atoms with Crippen LogP contribution in [0.5, 0.6) is 5.75 Å². The predicted molar refractivity (Wildman–Crippen MR) is 122 cm³/mol. The van der Waals surface area contributed by atoms with Crippen LogP contribution in [0.2, 0.25) is 5.02 Å². The fourth-order valence-corrected chi connectivity index (χ4v) is 2.76. The molecule has 0 spiro atoms. The number of carbonyl (C=O) groups excluding carboxylic acids is 1. The van der Waals surface area contributed by atoms with E-state index in [1.54, 1.807) is 35.3 Å². The van der Waals surface area contributed by atoms with Crippen molar-refractivity contribution in [3.05, 3.63) is 53.8 Å². The Bertz CT molecular complexity index is 902. The number of aromatic nitrogens is 1. The van der Waals surface area contributed by atoms with Gasteiger partial charge in [-0.25, -0.2) is 0 Å². The van der Waals surface area contributed by atoms with E-state index in [1.807, 2.05) is 24.3 Å². The molecule has 0 aliphatic carbocycles. The highest BCUT2D eigenvalue weighted by Gasteiger charge is 2.06. The Morgan fingerprint density at radius 2 is 1.82 bits per heavy atom. The van der Waals surface area contributed by atoms with Crippen LogP contribution in [0.3, 0.4) is 0 Å². The monoisotopic (exact) mass is 494 g/mol. The lowest BCUT2D eigenvalue weighted by molar-refractivity contribution is -0.727. The number of unbranched alkanes of at least 4 members (excludes halogenated alkanes) is 3. The maximum atomic E-state index is 11.1. The molecule has 11 heteroatoms. The van der Waals surface area contributed by atoms with Gasteiger partial charge < -0.3 is 38.2 Å². The molecule has 1 heterocycles. The summed E-state index contributed by atoms with van der Waals surface area (Å²) in [6, 6.07) is 10.9. The van der Waals surface area contributed by atoms with E-state index in [9.17, 15) is 4.79 Å². The van der Waals surface area contributed by atoms with Gasteiger partial charge in [-0.2, -0.15) is 9.83 Å². The van der Waals surface area contributed by atoms with E-state index in [2.05, 4.69) is 15.6 Å². The van der Waals surface area contributed by atoms with Crippen molar-refractivity contribution in [2.24, 2.45) is 10.7 Å². The number of nitrogens with two attached hydrogens (primary N) is 1. The summed E-state index contributed by atoms with van der Waals surface area (Å²) in [5.41, 5.74) is 5.94. The summed E-state index contributed by atoms with van der Waals surface area (Å²) in [6.07, 6.45) is 9.24. The minimum absolute atomic E-state index is 0. The number of hydrogen-bond acceptors (Lipinski definition) is 6. The summed E-state index contributed by atoms with van der Waals surface area (Å²) in [6.45, 7) is 1.28. The minimum atomic E-state index is -0.471. The lowest BCUT2D eigenvalue weighted by atomic mass is 10.2. The molecular weight excluding hydrogens is 467 g/mol. The first kappa shape index (κ1) is 28.0. The Labute approximate surface area is 205 Å². The van der Waals surface area contributed by atoms with Gasteiger partial charge in [-0.3, -0.25) is 4.79 Å². The second-order valence-electron chi connectivity index (χ2n) is 6.78. The molecule has 2 aromatic rings. The Kier molecular flexibility index (Phi) is 14.0. The zero-order valence-corrected chi connectivity index (χ0v) is 19.7. The first-order valence-electron chi connectivity index (χ1n) is 10.3. The Balaban J connectivity index is 0.00000544. The second-order valence-corrected chi connectivity index (χ2v) is 7.22. The van der Waals surface area contributed by atoms with Crippen LogP contribution in [-0.2, 0) is 16.3 Å². The molecule has 0 saturated carbocycles. The highest BCUT2D eigenvalue weighted by Crippen LogP contribution is 2.15. The van der Waals surface area contributed by atoms with Gasteiger partial charge >= 0.3 is 5.97 Å². The van der Waals surface area contributed by atoms with Crippen molar-refractivity contribution in [2.45, 2.75) is 32.4 Å². The van der Waals surface area contributed by atoms with Gasteiger partial charge in [0.25, 0.3) is 6.73 Å². The van der Waals surface area contributed by atoms with E-state index in [1.165, 1.54) is 0 Å². The number of aliphatic imine (C=N–C) groups is 1. The molecule has 0 radical (unpaired) electrons. The summed E-state index contributed by atoms with van der Waals surface area (Å²) in [5, 5.41) is 15.8. The fraction of sp³-hybridized carbons (Fsp3) is 0.364. The van der Waals surface area contributed by atoms with E-state index >= 15 is 0 Å². The van der Waals surface area contributed by atoms with E-state index in [4.69, 9.17) is 32.1 Å². The van der Waals surface area contributed by atoms with Gasteiger partial charge in [0, 0.05) is 23.7 Å². The van der Waals surface area contributed by atoms with Gasteiger partial charge in [0.15, 0.2) is 12.4 Å². The Morgan fingerprint density at radius 1 is 1.12 bits per heavy atom. The molecule has 0 saturated heterocycles. The zero-order valence-electron chi connectivity index (χ0n) is 18.2. The highest BCUT2D eigenvalue weighted by molar-refractivity contribution is 6.30. The maximum Gasteiger partial charge on any atom is 0.324 e. The number of guanidine groups is 1. The van der Waals surface area contributed by atoms with Crippen molar-refractivity contribution in [3.8, 4) is 11.9 Å². The summed E-state index contributed by atoms with van der Waals surface area (Å²) in [5.74, 6) is 0.731. The Morgan fingerprint density at radius 3 is 2.48 bits per heavy atom. The topological polar surface area (TPSA) is 126 Å². The molecule has 178 valence electrons. The van der Waals surface area contributed by atoms with Crippen LogP contribution in [0.4, 0.5) is 5.69 Å². The number of anilines is 1. The largest absolute Gasteiger partial charge is 1.00 e. The number of hydrogen-bond donors (Lipinski definition) is 3. The second kappa shape index (κ2) is 16.6. The van der Waals surface area contributed by atoms with Gasteiger partial charge in [0.2, 0.25) is 12.2 Å². The number of ether oxygens (including phenoxy) is 2. The van der Waals surface area contributed by atoms with Crippen LogP contribution in [0.15, 0.2) is 53.8 Å². The van der Waals surface area contributed by atoms with Gasteiger partial charge in [-0.15, -0.1) is 4.99 Å². The quantitative estimate of drug-likeness (QED) is 0.0911. The molecule has 1 aromatic carbocycles. The van der Waals surface area contributed by atoms with Gasteiger partial charge in [0.1, 0.15) is 5.75 Å². The predicted octanol–water partition coefficient (Wildman–Crippen LogP) is -0.431. The standard InChI is InChI=1S/C22H27ClN6O3.ClH/c23-18-5-7-20(8-6-18)31-14-4-2-1-3-11-26-22(27-16-25)28-19-9-12-29(13-10-19)17-32-21(30)15-24;/h5-10,12-13H,1-4,11,14-15,17,24H2,(H,26,27);1H. The third-order valence-corrected chi connectivity index (χ3v) is 4.55. The summed E-state index contributed by atoms with van der Waals surface area (Å²) in [4.78, 5) is 14.9. The van der Waals surface area contributed by atoms with Crippen LogP contribution in [0.1, 0.15) is 25.7 Å². The van der Waals surface area contributed by atoms with E-state index in [0.29, 0.717) is 24.1 Å². The normalized spacial score (nSPS) is 10.5. The van der Waals surface area contributed by atoms with Crippen LogP contribution in [-0.4, -0.2) is 31.6 Å². The van der Waals surface area contributed by atoms with Crippen LogP contribution in [0.25, 0.3) is 0 Å². The molecule has 1 aromatic heterocycles. The number of nitriles is 1. The molecule has 0 aliphatic heterocycles. The molecule has 0 atom stereocenters. The van der Waals surface area contributed by atoms with Crippen molar-refractivity contribution >= 4 is 29.2 Å². The molecule has 33 heavy (non-hydrogen) atoms. The van der Waals surface area contributed by atoms with Crippen molar-refractivity contribution in [1.82, 2.24) is 5.32 Å². The first-order chi connectivity index (χ1) is 15.6. The highest BCUT2D eigenvalue weighted by atomic mass is 35.5. The summed E-state index contributed by atoms with van der Waals surface area (Å²) in [7, 11) is 0. The van der Waals surface area contributed by atoms with Crippen LogP contribution < -0.4 is 38.1 Å². The number of rotatable bonds is 12. The third-order valence-electron chi connectivity index (χ3n) is 4.30. The number of pyridine rings is 1. The van der Waals surface area contributed by atoms with Crippen molar-refractivity contribution in [1.29, 1.82) is 5.26 Å². The summed E-state index contributed by atoms with van der Waals surface area (Å²) >= 11 is 5.85.